The van der Waals surface area contributed by atoms with E-state index in [2.05, 4.69) is 4.90 Å². The van der Waals surface area contributed by atoms with Crippen molar-refractivity contribution in [2.75, 3.05) is 6.54 Å². The smallest absolute Gasteiger partial charge is 0.273 e. The van der Waals surface area contributed by atoms with Crippen LogP contribution in [0.3, 0.4) is 0 Å². The normalized spacial score (nSPS) is 19.1. The third-order valence-corrected chi connectivity index (χ3v) is 5.35. The van der Waals surface area contributed by atoms with Gasteiger partial charge in [-0.1, -0.05) is 42.5 Å². The molecule has 1 aliphatic rings. The molecule has 1 aliphatic heterocycles. The Hall–Kier alpha value is -1.69. The molecule has 0 spiro atoms. The molecule has 3 rings (SSSR count). The highest BCUT2D eigenvalue weighted by Crippen LogP contribution is 2.25. The molecule has 2 aromatic rings. The summed E-state index contributed by atoms with van der Waals surface area (Å²) >= 11 is 0. The monoisotopic (exact) mass is 331 g/mol. The first-order chi connectivity index (χ1) is 11.0. The topological polar surface area (TPSA) is 46.6 Å². The second-order valence-corrected chi connectivity index (χ2v) is 7.49. The predicted molar refractivity (Wildman–Crippen MR) is 89.3 cm³/mol. The predicted octanol–water partition coefficient (Wildman–Crippen LogP) is 3.32. The Morgan fingerprint density at radius 3 is 2.65 bits per heavy atom. The van der Waals surface area contributed by atoms with Gasteiger partial charge in [0.2, 0.25) is 0 Å². The lowest BCUT2D eigenvalue weighted by molar-refractivity contribution is 0.0609. The van der Waals surface area contributed by atoms with Gasteiger partial charge in [-0.05, 0) is 43.0 Å². The van der Waals surface area contributed by atoms with Gasteiger partial charge in [-0.25, -0.2) is 4.18 Å². The first-order valence-corrected chi connectivity index (χ1v) is 9.23. The Balaban J connectivity index is 1.73. The van der Waals surface area contributed by atoms with Crippen molar-refractivity contribution in [2.24, 2.45) is 0 Å². The molecular weight excluding hydrogens is 310 g/mol. The number of aryl methyl sites for hydroxylation is 1. The molecule has 0 N–H and O–H groups in total. The van der Waals surface area contributed by atoms with E-state index in [4.69, 9.17) is 4.18 Å². The van der Waals surface area contributed by atoms with Gasteiger partial charge in [-0.3, -0.25) is 4.90 Å². The van der Waals surface area contributed by atoms with E-state index in [1.54, 1.807) is 18.2 Å². The van der Waals surface area contributed by atoms with Crippen molar-refractivity contribution in [3.05, 3.63) is 65.7 Å². The average molecular weight is 331 g/mol. The molecule has 0 bridgehead atoms. The number of rotatable bonds is 5. The maximum Gasteiger partial charge on any atom is 0.298 e. The molecule has 0 saturated carbocycles. The lowest BCUT2D eigenvalue weighted by Crippen LogP contribution is -2.33. The maximum absolute atomic E-state index is 12.5. The van der Waals surface area contributed by atoms with E-state index in [0.29, 0.717) is 6.54 Å². The number of nitrogens with zero attached hydrogens (tertiary/aromatic N) is 1. The number of hydrogen-bond donors (Lipinski definition) is 0. The van der Waals surface area contributed by atoms with E-state index in [1.165, 1.54) is 0 Å². The molecular formula is C18H21NO3S. The lowest BCUT2D eigenvalue weighted by atomic mass is 10.2. The highest BCUT2D eigenvalue weighted by atomic mass is 32.2. The molecule has 1 heterocycles. The minimum absolute atomic E-state index is 0.226. The van der Waals surface area contributed by atoms with Crippen molar-refractivity contribution >= 4 is 10.1 Å². The van der Waals surface area contributed by atoms with Crippen LogP contribution in [0, 0.1) is 6.92 Å². The largest absolute Gasteiger partial charge is 0.298 e. The minimum Gasteiger partial charge on any atom is -0.273 e. The van der Waals surface area contributed by atoms with Gasteiger partial charge in [0.05, 0.1) is 4.90 Å². The highest BCUT2D eigenvalue weighted by molar-refractivity contribution is 7.86. The Morgan fingerprint density at radius 2 is 1.91 bits per heavy atom. The first kappa shape index (κ1) is 16.2. The van der Waals surface area contributed by atoms with Gasteiger partial charge in [0.25, 0.3) is 10.1 Å². The second-order valence-electron chi connectivity index (χ2n) is 5.92. The number of likely N-dealkylation sites (tertiary alicyclic amines) is 1. The van der Waals surface area contributed by atoms with E-state index in [9.17, 15) is 8.42 Å². The fourth-order valence-electron chi connectivity index (χ4n) is 2.88. The molecule has 1 fully saturated rings. The number of benzene rings is 2. The van der Waals surface area contributed by atoms with Crippen LogP contribution in [-0.4, -0.2) is 26.1 Å². The van der Waals surface area contributed by atoms with Gasteiger partial charge in [-0.2, -0.15) is 8.42 Å². The quantitative estimate of drug-likeness (QED) is 0.789. The fraction of sp³-hybridized carbons (Fsp3) is 0.333. The zero-order chi connectivity index (χ0) is 16.3. The molecule has 1 unspecified atom stereocenters. The number of hydrogen-bond acceptors (Lipinski definition) is 4. The van der Waals surface area contributed by atoms with Crippen LogP contribution in [0.2, 0.25) is 0 Å². The highest BCUT2D eigenvalue weighted by Gasteiger charge is 2.30. The summed E-state index contributed by atoms with van der Waals surface area (Å²) in [6.07, 6.45) is 1.29. The summed E-state index contributed by atoms with van der Waals surface area (Å²) in [6, 6.07) is 16.9. The summed E-state index contributed by atoms with van der Waals surface area (Å²) in [6.45, 7) is 3.42. The third kappa shape index (κ3) is 3.99. The molecule has 1 atom stereocenters. The van der Waals surface area contributed by atoms with Gasteiger partial charge in [0, 0.05) is 13.1 Å². The molecule has 0 aromatic heterocycles. The lowest BCUT2D eigenvalue weighted by Gasteiger charge is -2.24. The van der Waals surface area contributed by atoms with Gasteiger partial charge < -0.3 is 0 Å². The average Bonchev–Trinajstić information content (AvgIpc) is 2.95. The van der Waals surface area contributed by atoms with Crippen molar-refractivity contribution < 1.29 is 12.6 Å². The third-order valence-electron chi connectivity index (χ3n) is 4.05. The zero-order valence-corrected chi connectivity index (χ0v) is 14.0. The SMILES string of the molecule is Cc1cccc(S(=O)(=O)OC2CCCN2Cc2ccccc2)c1. The van der Waals surface area contributed by atoms with E-state index < -0.39 is 10.1 Å². The van der Waals surface area contributed by atoms with Crippen molar-refractivity contribution in [3.63, 3.8) is 0 Å². The van der Waals surface area contributed by atoms with E-state index in [-0.39, 0.29) is 11.1 Å². The van der Waals surface area contributed by atoms with Crippen LogP contribution in [0.4, 0.5) is 0 Å². The summed E-state index contributed by atoms with van der Waals surface area (Å²) in [4.78, 5) is 2.31. The van der Waals surface area contributed by atoms with Crippen LogP contribution in [0.5, 0.6) is 0 Å². The minimum atomic E-state index is -3.73. The first-order valence-electron chi connectivity index (χ1n) is 7.82. The summed E-state index contributed by atoms with van der Waals surface area (Å²) in [5.74, 6) is 0. The van der Waals surface area contributed by atoms with E-state index >= 15 is 0 Å². The van der Waals surface area contributed by atoms with Crippen molar-refractivity contribution in [1.82, 2.24) is 4.90 Å². The summed E-state index contributed by atoms with van der Waals surface area (Å²) in [5, 5.41) is 0. The van der Waals surface area contributed by atoms with Crippen LogP contribution < -0.4 is 0 Å². The fourth-order valence-corrected chi connectivity index (χ4v) is 4.07. The second kappa shape index (κ2) is 6.83. The van der Waals surface area contributed by atoms with Crippen molar-refractivity contribution in [2.45, 2.75) is 37.4 Å². The Bertz CT molecular complexity index is 759. The van der Waals surface area contributed by atoms with Crippen LogP contribution in [-0.2, 0) is 20.8 Å². The molecule has 1 saturated heterocycles. The molecule has 0 amide bonds. The Labute approximate surface area is 137 Å². The van der Waals surface area contributed by atoms with Gasteiger partial charge in [-0.15, -0.1) is 0 Å². The van der Waals surface area contributed by atoms with Crippen molar-refractivity contribution in [1.29, 1.82) is 0 Å². The van der Waals surface area contributed by atoms with Crippen molar-refractivity contribution in [3.8, 4) is 0 Å². The standard InChI is InChI=1S/C18H21NO3S/c1-15-7-5-10-17(13-15)23(20,21)22-18-11-6-12-19(18)14-16-8-3-2-4-9-16/h2-5,7-10,13,18H,6,11-12,14H2,1H3. The zero-order valence-electron chi connectivity index (χ0n) is 13.2. The van der Waals surface area contributed by atoms with Gasteiger partial charge >= 0.3 is 0 Å². The summed E-state index contributed by atoms with van der Waals surface area (Å²) in [7, 11) is -3.73. The van der Waals surface area contributed by atoms with Crippen LogP contribution >= 0.6 is 0 Å². The van der Waals surface area contributed by atoms with Gasteiger partial charge in [0.1, 0.15) is 6.23 Å². The summed E-state index contributed by atoms with van der Waals surface area (Å²) < 4.78 is 30.5. The van der Waals surface area contributed by atoms with Gasteiger partial charge in [0.15, 0.2) is 0 Å². The van der Waals surface area contributed by atoms with Crippen LogP contribution in [0.25, 0.3) is 0 Å². The van der Waals surface area contributed by atoms with E-state index in [0.717, 1.165) is 30.5 Å². The van der Waals surface area contributed by atoms with Crippen LogP contribution in [0.1, 0.15) is 24.0 Å². The molecule has 0 aliphatic carbocycles. The summed E-state index contributed by atoms with van der Waals surface area (Å²) in [5.41, 5.74) is 2.07. The molecule has 2 aromatic carbocycles. The van der Waals surface area contributed by atoms with E-state index in [1.807, 2.05) is 43.3 Å². The molecule has 0 radical (unpaired) electrons. The maximum atomic E-state index is 12.5. The molecule has 23 heavy (non-hydrogen) atoms. The molecule has 122 valence electrons. The Kier molecular flexibility index (Phi) is 4.80. The van der Waals surface area contributed by atoms with Crippen LogP contribution in [0.15, 0.2) is 59.5 Å². The molecule has 4 nitrogen and oxygen atoms in total. The Morgan fingerprint density at radius 1 is 1.13 bits per heavy atom. The molecule has 5 heteroatoms.